The molecule has 0 aromatic rings. The van der Waals surface area contributed by atoms with Crippen molar-refractivity contribution in [3.8, 4) is 0 Å². The maximum Gasteiger partial charge on any atom is 0.126 e. The first-order valence-electron chi connectivity index (χ1n) is 8.94. The maximum atomic E-state index is 10.3. The molecule has 0 bridgehead atoms. The normalized spacial score (nSPS) is 28.9. The van der Waals surface area contributed by atoms with E-state index in [4.69, 9.17) is 4.74 Å². The van der Waals surface area contributed by atoms with Gasteiger partial charge in [-0.1, -0.05) is 27.2 Å². The summed E-state index contributed by atoms with van der Waals surface area (Å²) in [5.74, 6) is 2.09. The molecule has 1 aliphatic rings. The summed E-state index contributed by atoms with van der Waals surface area (Å²) in [6.07, 6.45) is 3.75. The number of likely N-dealkylation sites (N-methyl/N-ethyl adjacent to an activating group) is 1. The monoisotopic (exact) mass is 300 g/mol. The zero-order valence-electron chi connectivity index (χ0n) is 15.1. The number of hydrogen-bond acceptors (Lipinski definition) is 2. The van der Waals surface area contributed by atoms with E-state index in [2.05, 4.69) is 41.7 Å². The summed E-state index contributed by atoms with van der Waals surface area (Å²) in [5.41, 5.74) is 0. The van der Waals surface area contributed by atoms with Gasteiger partial charge in [0.05, 0.1) is 32.8 Å². The third kappa shape index (κ3) is 5.88. The van der Waals surface area contributed by atoms with Crippen LogP contribution in [0.1, 0.15) is 53.9 Å². The number of aliphatic hydroxyl groups is 1. The van der Waals surface area contributed by atoms with Crippen molar-refractivity contribution in [1.29, 1.82) is 0 Å². The number of hydrogen-bond donors (Lipinski definition) is 1. The van der Waals surface area contributed by atoms with Crippen molar-refractivity contribution in [2.45, 2.75) is 66.1 Å². The van der Waals surface area contributed by atoms with Crippen LogP contribution in [0.4, 0.5) is 0 Å². The molecule has 0 aliphatic heterocycles. The van der Waals surface area contributed by atoms with Crippen LogP contribution in [0.25, 0.3) is 0 Å². The quantitative estimate of drug-likeness (QED) is 0.697. The second-order valence-corrected chi connectivity index (χ2v) is 7.79. The lowest BCUT2D eigenvalue weighted by atomic mass is 9.75. The van der Waals surface area contributed by atoms with Crippen LogP contribution in [0.3, 0.4) is 0 Å². The first-order chi connectivity index (χ1) is 9.81. The zero-order valence-corrected chi connectivity index (χ0v) is 15.1. The van der Waals surface area contributed by atoms with E-state index in [9.17, 15) is 5.11 Å². The minimum Gasteiger partial charge on any atom is -0.385 e. The van der Waals surface area contributed by atoms with Gasteiger partial charge >= 0.3 is 0 Å². The van der Waals surface area contributed by atoms with Gasteiger partial charge in [-0.05, 0) is 44.4 Å². The first kappa shape index (κ1) is 18.9. The van der Waals surface area contributed by atoms with Gasteiger partial charge in [-0.15, -0.1) is 0 Å². The molecule has 0 radical (unpaired) electrons. The first-order valence-corrected chi connectivity index (χ1v) is 8.94. The van der Waals surface area contributed by atoms with E-state index in [1.807, 2.05) is 0 Å². The Bertz CT molecular complexity index is 289. The lowest BCUT2D eigenvalue weighted by molar-refractivity contribution is -0.909. The third-order valence-electron chi connectivity index (χ3n) is 5.64. The average Bonchev–Trinajstić information content (AvgIpc) is 2.44. The molecule has 1 saturated carbocycles. The summed E-state index contributed by atoms with van der Waals surface area (Å²) in [7, 11) is 2.21. The van der Waals surface area contributed by atoms with Gasteiger partial charge in [0.2, 0.25) is 0 Å². The van der Waals surface area contributed by atoms with Crippen molar-refractivity contribution < 1.29 is 14.3 Å². The van der Waals surface area contributed by atoms with Gasteiger partial charge < -0.3 is 14.3 Å². The van der Waals surface area contributed by atoms with Crippen molar-refractivity contribution in [2.75, 3.05) is 33.3 Å². The van der Waals surface area contributed by atoms with E-state index in [0.29, 0.717) is 24.5 Å². The number of quaternary nitrogens is 1. The summed E-state index contributed by atoms with van der Waals surface area (Å²) in [6, 6.07) is 0. The van der Waals surface area contributed by atoms with Crippen molar-refractivity contribution in [2.24, 2.45) is 17.8 Å². The molecule has 0 unspecified atom stereocenters. The van der Waals surface area contributed by atoms with Crippen LogP contribution in [0.15, 0.2) is 0 Å². The molecule has 1 rings (SSSR count). The Kier molecular flexibility index (Phi) is 7.66. The van der Waals surface area contributed by atoms with Gasteiger partial charge in [0.25, 0.3) is 0 Å². The summed E-state index contributed by atoms with van der Waals surface area (Å²) < 4.78 is 7.08. The number of aliphatic hydroxyl groups excluding tert-OH is 1. The molecule has 1 N–H and O–H groups in total. The Hall–Kier alpha value is -0.120. The highest BCUT2D eigenvalue weighted by Crippen LogP contribution is 2.35. The minimum atomic E-state index is -0.347. The zero-order chi connectivity index (χ0) is 16.0. The molecule has 0 amide bonds. The Balaban J connectivity index is 2.47. The molecule has 21 heavy (non-hydrogen) atoms. The van der Waals surface area contributed by atoms with Gasteiger partial charge in [-0.2, -0.15) is 0 Å². The standard InChI is InChI=1S/C18H38NO2/c1-7-19(6,8-2)12-16(20)13-21-18-11-15(5)9-10-17(18)14(3)4/h14-18,20H,7-13H2,1-6H3/q+1/t15-,16+,17+,18-/m0/s1. The third-order valence-corrected chi connectivity index (χ3v) is 5.64. The second kappa shape index (κ2) is 8.50. The number of nitrogens with zero attached hydrogens (tertiary/aromatic N) is 1. The summed E-state index contributed by atoms with van der Waals surface area (Å²) in [6.45, 7) is 14.7. The summed E-state index contributed by atoms with van der Waals surface area (Å²) in [4.78, 5) is 0. The average molecular weight is 301 g/mol. The van der Waals surface area contributed by atoms with Crippen LogP contribution >= 0.6 is 0 Å². The Morgan fingerprint density at radius 2 is 1.81 bits per heavy atom. The fraction of sp³-hybridized carbons (Fsp3) is 1.00. The van der Waals surface area contributed by atoms with Crippen molar-refractivity contribution in [3.63, 3.8) is 0 Å². The van der Waals surface area contributed by atoms with Crippen LogP contribution in [0.2, 0.25) is 0 Å². The maximum absolute atomic E-state index is 10.3. The highest BCUT2D eigenvalue weighted by atomic mass is 16.5. The van der Waals surface area contributed by atoms with Gasteiger partial charge in [-0.25, -0.2) is 0 Å². The topological polar surface area (TPSA) is 29.5 Å². The molecule has 3 nitrogen and oxygen atoms in total. The lowest BCUT2D eigenvalue weighted by Gasteiger charge is -2.38. The summed E-state index contributed by atoms with van der Waals surface area (Å²) in [5, 5.41) is 10.3. The van der Waals surface area contributed by atoms with Crippen LogP contribution in [-0.2, 0) is 4.74 Å². The molecule has 126 valence electrons. The minimum absolute atomic E-state index is 0.338. The predicted molar refractivity (Wildman–Crippen MR) is 89.2 cm³/mol. The van der Waals surface area contributed by atoms with E-state index < -0.39 is 0 Å². The Labute approximate surface area is 132 Å². The van der Waals surface area contributed by atoms with Crippen LogP contribution in [-0.4, -0.2) is 55.1 Å². The lowest BCUT2D eigenvalue weighted by Crippen LogP contribution is -2.50. The Morgan fingerprint density at radius 3 is 2.33 bits per heavy atom. The fourth-order valence-corrected chi connectivity index (χ4v) is 3.58. The molecule has 1 fully saturated rings. The fourth-order valence-electron chi connectivity index (χ4n) is 3.58. The van der Waals surface area contributed by atoms with E-state index in [0.717, 1.165) is 36.5 Å². The molecule has 1 aliphatic carbocycles. The molecular formula is C18H38NO2+. The van der Waals surface area contributed by atoms with Gasteiger partial charge in [0.1, 0.15) is 12.6 Å². The molecule has 0 spiro atoms. The largest absolute Gasteiger partial charge is 0.385 e. The molecule has 4 atom stereocenters. The Morgan fingerprint density at radius 1 is 1.19 bits per heavy atom. The molecule has 0 aromatic carbocycles. The van der Waals surface area contributed by atoms with Crippen LogP contribution < -0.4 is 0 Å². The van der Waals surface area contributed by atoms with Gasteiger partial charge in [0, 0.05) is 0 Å². The molecular weight excluding hydrogens is 262 g/mol. The van der Waals surface area contributed by atoms with Gasteiger partial charge in [-0.3, -0.25) is 0 Å². The van der Waals surface area contributed by atoms with Crippen molar-refractivity contribution in [3.05, 3.63) is 0 Å². The van der Waals surface area contributed by atoms with E-state index in [1.165, 1.54) is 12.8 Å². The number of rotatable bonds is 8. The second-order valence-electron chi connectivity index (χ2n) is 7.79. The van der Waals surface area contributed by atoms with Crippen molar-refractivity contribution in [1.82, 2.24) is 0 Å². The van der Waals surface area contributed by atoms with Crippen LogP contribution in [0, 0.1) is 17.8 Å². The highest BCUT2D eigenvalue weighted by Gasteiger charge is 2.32. The van der Waals surface area contributed by atoms with Crippen molar-refractivity contribution >= 4 is 0 Å². The van der Waals surface area contributed by atoms with E-state index in [-0.39, 0.29) is 6.10 Å². The highest BCUT2D eigenvalue weighted by molar-refractivity contribution is 4.81. The van der Waals surface area contributed by atoms with Gasteiger partial charge in [0.15, 0.2) is 0 Å². The SMILES string of the molecule is CC[N+](C)(CC)C[C@@H](O)CO[C@H]1C[C@@H](C)CC[C@@H]1C(C)C. The molecule has 0 aromatic heterocycles. The molecule has 0 heterocycles. The van der Waals surface area contributed by atoms with E-state index >= 15 is 0 Å². The summed E-state index contributed by atoms with van der Waals surface area (Å²) >= 11 is 0. The molecule has 0 saturated heterocycles. The smallest absolute Gasteiger partial charge is 0.126 e. The molecule has 3 heteroatoms. The predicted octanol–water partition coefficient (Wildman–Crippen LogP) is 3.31. The number of ether oxygens (including phenoxy) is 1. The van der Waals surface area contributed by atoms with E-state index in [1.54, 1.807) is 0 Å². The van der Waals surface area contributed by atoms with Crippen LogP contribution in [0.5, 0.6) is 0 Å².